The summed E-state index contributed by atoms with van der Waals surface area (Å²) in [6.45, 7) is 0. The fourth-order valence-corrected chi connectivity index (χ4v) is 4.58. The number of hydrogen-bond donors (Lipinski definition) is 0. The Balaban J connectivity index is 2.00. The van der Waals surface area contributed by atoms with Gasteiger partial charge in [0.25, 0.3) is 0 Å². The molecule has 2 aromatic heterocycles. The van der Waals surface area contributed by atoms with E-state index in [2.05, 4.69) is 24.3 Å². The van der Waals surface area contributed by atoms with Gasteiger partial charge in [-0.2, -0.15) is 10.5 Å². The van der Waals surface area contributed by atoms with Crippen LogP contribution in [-0.2, 0) is 0 Å². The molecule has 0 saturated heterocycles. The Morgan fingerprint density at radius 2 is 1.28 bits per heavy atom. The summed E-state index contributed by atoms with van der Waals surface area (Å²) < 4.78 is 0. The first-order valence-corrected chi connectivity index (χ1v) is 7.48. The quantitative estimate of drug-likeness (QED) is 0.829. The molecular formula is C14H10N2S2. The van der Waals surface area contributed by atoms with Crippen LogP contribution < -0.4 is 0 Å². The van der Waals surface area contributed by atoms with Crippen LogP contribution in [0.25, 0.3) is 0 Å². The van der Waals surface area contributed by atoms with Crippen molar-refractivity contribution in [3.63, 3.8) is 0 Å². The molecule has 0 bridgehead atoms. The topological polar surface area (TPSA) is 47.6 Å². The van der Waals surface area contributed by atoms with Gasteiger partial charge in [0.15, 0.2) is 0 Å². The van der Waals surface area contributed by atoms with Crippen LogP contribution in [-0.4, -0.2) is 0 Å². The first kappa shape index (κ1) is 11.5. The highest BCUT2D eigenvalue weighted by Crippen LogP contribution is 2.58. The number of thiophene rings is 2. The second kappa shape index (κ2) is 4.57. The number of rotatable bonds is 2. The maximum absolute atomic E-state index is 9.28. The number of nitrogens with zero attached hydrogens (tertiary/aromatic N) is 2. The standard InChI is InChI=1S/C14H10N2S2/c15-7-9-10(8-16)14(12-4-2-6-18-12)13(9)11-3-1-5-17-11/h1-6,9-10,13-14H/t9-,10+,13-,14+. The molecule has 88 valence electrons. The Labute approximate surface area is 114 Å². The van der Waals surface area contributed by atoms with Crippen LogP contribution in [0.3, 0.4) is 0 Å². The summed E-state index contributed by atoms with van der Waals surface area (Å²) in [6.07, 6.45) is 0. The summed E-state index contributed by atoms with van der Waals surface area (Å²) >= 11 is 3.37. The molecule has 0 aromatic carbocycles. The molecule has 0 spiro atoms. The summed E-state index contributed by atoms with van der Waals surface area (Å²) in [6, 6.07) is 12.8. The van der Waals surface area contributed by atoms with E-state index in [4.69, 9.17) is 0 Å². The van der Waals surface area contributed by atoms with Gasteiger partial charge in [-0.15, -0.1) is 22.7 Å². The van der Waals surface area contributed by atoms with Gasteiger partial charge in [-0.1, -0.05) is 12.1 Å². The fourth-order valence-electron chi connectivity index (χ4n) is 2.74. The molecule has 3 rings (SSSR count). The zero-order valence-corrected chi connectivity index (χ0v) is 11.1. The van der Waals surface area contributed by atoms with Gasteiger partial charge in [0.1, 0.15) is 0 Å². The van der Waals surface area contributed by atoms with E-state index in [9.17, 15) is 10.5 Å². The van der Waals surface area contributed by atoms with Gasteiger partial charge >= 0.3 is 0 Å². The van der Waals surface area contributed by atoms with Crippen molar-refractivity contribution < 1.29 is 0 Å². The lowest BCUT2D eigenvalue weighted by atomic mass is 9.56. The van der Waals surface area contributed by atoms with Crippen LogP contribution in [0.4, 0.5) is 0 Å². The largest absolute Gasteiger partial charge is 0.198 e. The Morgan fingerprint density at radius 1 is 0.833 bits per heavy atom. The predicted molar refractivity (Wildman–Crippen MR) is 72.3 cm³/mol. The van der Waals surface area contributed by atoms with Crippen molar-refractivity contribution in [2.24, 2.45) is 11.8 Å². The van der Waals surface area contributed by atoms with E-state index in [0.29, 0.717) is 0 Å². The van der Waals surface area contributed by atoms with Gasteiger partial charge in [-0.3, -0.25) is 0 Å². The third kappa shape index (κ3) is 1.58. The highest BCUT2D eigenvalue weighted by atomic mass is 32.1. The van der Waals surface area contributed by atoms with Crippen LogP contribution in [0.2, 0.25) is 0 Å². The second-order valence-electron chi connectivity index (χ2n) is 4.39. The van der Waals surface area contributed by atoms with Crippen LogP contribution in [0, 0.1) is 34.5 Å². The van der Waals surface area contributed by atoms with Crippen molar-refractivity contribution in [2.45, 2.75) is 11.8 Å². The van der Waals surface area contributed by atoms with Gasteiger partial charge < -0.3 is 0 Å². The molecule has 18 heavy (non-hydrogen) atoms. The minimum absolute atomic E-state index is 0.166. The molecule has 4 atom stereocenters. The summed E-state index contributed by atoms with van der Waals surface area (Å²) in [5.41, 5.74) is 0. The van der Waals surface area contributed by atoms with Crippen LogP contribution >= 0.6 is 22.7 Å². The highest BCUT2D eigenvalue weighted by Gasteiger charge is 2.53. The molecule has 0 N–H and O–H groups in total. The Kier molecular flexibility index (Phi) is 2.91. The Bertz CT molecular complexity index is 545. The summed E-state index contributed by atoms with van der Waals surface area (Å²) in [5, 5.41) is 22.6. The van der Waals surface area contributed by atoms with Gasteiger partial charge in [-0.25, -0.2) is 0 Å². The number of nitriles is 2. The third-order valence-corrected chi connectivity index (χ3v) is 5.54. The molecule has 1 saturated carbocycles. The van der Waals surface area contributed by atoms with E-state index in [0.717, 1.165) is 0 Å². The van der Waals surface area contributed by atoms with Gasteiger partial charge in [0.2, 0.25) is 0 Å². The molecule has 4 heteroatoms. The van der Waals surface area contributed by atoms with E-state index >= 15 is 0 Å². The van der Waals surface area contributed by atoms with E-state index < -0.39 is 0 Å². The van der Waals surface area contributed by atoms with Gasteiger partial charge in [-0.05, 0) is 22.9 Å². The minimum atomic E-state index is -0.166. The van der Waals surface area contributed by atoms with Crippen molar-refractivity contribution in [3.05, 3.63) is 44.8 Å². The van der Waals surface area contributed by atoms with Gasteiger partial charge in [0, 0.05) is 21.6 Å². The SMILES string of the molecule is N#C[C@@H]1[C@H](C#N)[C@@H](c2cccs2)[C@H]1c1cccs1. The molecular weight excluding hydrogens is 260 g/mol. The molecule has 0 radical (unpaired) electrons. The number of hydrogen-bond acceptors (Lipinski definition) is 4. The first-order chi connectivity index (χ1) is 8.86. The lowest BCUT2D eigenvalue weighted by Crippen LogP contribution is -2.41. The second-order valence-corrected chi connectivity index (χ2v) is 6.35. The van der Waals surface area contributed by atoms with Crippen molar-refractivity contribution in [3.8, 4) is 12.1 Å². The summed E-state index contributed by atoms with van der Waals surface area (Å²) in [7, 11) is 0. The van der Waals surface area contributed by atoms with Gasteiger partial charge in [0.05, 0.1) is 24.0 Å². The van der Waals surface area contributed by atoms with Crippen LogP contribution in [0.5, 0.6) is 0 Å². The molecule has 0 amide bonds. The van der Waals surface area contributed by atoms with Crippen molar-refractivity contribution in [2.75, 3.05) is 0 Å². The van der Waals surface area contributed by atoms with Crippen molar-refractivity contribution >= 4 is 22.7 Å². The molecule has 1 aliphatic rings. The predicted octanol–water partition coefficient (Wildman–Crippen LogP) is 3.97. The zero-order chi connectivity index (χ0) is 12.5. The molecule has 0 unspecified atom stereocenters. The molecule has 1 fully saturated rings. The summed E-state index contributed by atoms with van der Waals surface area (Å²) in [4.78, 5) is 2.46. The Hall–Kier alpha value is -1.62. The van der Waals surface area contributed by atoms with Crippen molar-refractivity contribution in [1.82, 2.24) is 0 Å². The normalized spacial score (nSPS) is 30.1. The first-order valence-electron chi connectivity index (χ1n) is 5.73. The molecule has 1 aliphatic carbocycles. The monoisotopic (exact) mass is 270 g/mol. The third-order valence-electron chi connectivity index (χ3n) is 3.59. The lowest BCUT2D eigenvalue weighted by Gasteiger charge is -2.44. The minimum Gasteiger partial charge on any atom is -0.198 e. The highest BCUT2D eigenvalue weighted by molar-refractivity contribution is 7.10. The smallest absolute Gasteiger partial charge is 0.0711 e. The van der Waals surface area contributed by atoms with E-state index in [-0.39, 0.29) is 23.7 Å². The molecule has 2 nitrogen and oxygen atoms in total. The molecule has 2 aromatic rings. The zero-order valence-electron chi connectivity index (χ0n) is 9.48. The molecule has 2 heterocycles. The Morgan fingerprint density at radius 3 is 1.56 bits per heavy atom. The van der Waals surface area contributed by atoms with Crippen LogP contribution in [0.15, 0.2) is 35.0 Å². The molecule has 0 aliphatic heterocycles. The van der Waals surface area contributed by atoms with E-state index in [1.165, 1.54) is 9.75 Å². The summed E-state index contributed by atoms with van der Waals surface area (Å²) in [5.74, 6) is 0.0538. The maximum atomic E-state index is 9.28. The maximum Gasteiger partial charge on any atom is 0.0711 e. The fraction of sp³-hybridized carbons (Fsp3) is 0.286. The lowest BCUT2D eigenvalue weighted by molar-refractivity contribution is 0.196. The van der Waals surface area contributed by atoms with Crippen molar-refractivity contribution in [1.29, 1.82) is 10.5 Å². The van der Waals surface area contributed by atoms with E-state index in [1.54, 1.807) is 22.7 Å². The average Bonchev–Trinajstić information content (AvgIpc) is 3.01. The average molecular weight is 270 g/mol. The van der Waals surface area contributed by atoms with Crippen LogP contribution in [0.1, 0.15) is 21.6 Å². The van der Waals surface area contributed by atoms with E-state index in [1.807, 2.05) is 22.9 Å².